The number of hydrogen-bond acceptors (Lipinski definition) is 4. The third-order valence-electron chi connectivity index (χ3n) is 3.17. The van der Waals surface area contributed by atoms with Gasteiger partial charge in [-0.1, -0.05) is 43.8 Å². The molecule has 0 saturated carbocycles. The molecule has 0 spiro atoms. The Labute approximate surface area is 154 Å². The van der Waals surface area contributed by atoms with E-state index in [-0.39, 0.29) is 10.6 Å². The molecule has 0 amide bonds. The molecular weight excluding hydrogens is 374 g/mol. The summed E-state index contributed by atoms with van der Waals surface area (Å²) in [6.45, 7) is 8.02. The van der Waals surface area contributed by atoms with Crippen molar-refractivity contribution in [3.8, 4) is 11.5 Å². The first-order chi connectivity index (χ1) is 11.6. The fraction of sp³-hybridized carbons (Fsp3) is 0.235. The summed E-state index contributed by atoms with van der Waals surface area (Å²) < 4.78 is 24.7. The number of rotatable bonds is 4. The average Bonchev–Trinajstić information content (AvgIpc) is 2.90. The van der Waals surface area contributed by atoms with Crippen LogP contribution in [0.15, 0.2) is 30.3 Å². The van der Waals surface area contributed by atoms with Crippen LogP contribution in [0.2, 0.25) is 19.6 Å². The van der Waals surface area contributed by atoms with Crippen LogP contribution in [0.25, 0.3) is 0 Å². The molecular formula is C17H18NO4S2Si-. The second kappa shape index (κ2) is 7.54. The van der Waals surface area contributed by atoms with Gasteiger partial charge in [0.1, 0.15) is 13.0 Å². The van der Waals surface area contributed by atoms with Crippen molar-refractivity contribution in [2.24, 2.45) is 0 Å². The average molecular weight is 393 g/mol. The maximum Gasteiger partial charge on any atom is 0.348 e. The molecule has 2 rings (SSSR count). The first kappa shape index (κ1) is 19.4. The molecule has 0 saturated heterocycles. The van der Waals surface area contributed by atoms with Crippen LogP contribution in [-0.2, 0) is 11.3 Å². The number of aryl methyl sites for hydroxylation is 1. The fourth-order valence-corrected chi connectivity index (χ4v) is 4.24. The molecule has 0 aliphatic carbocycles. The largest absolute Gasteiger partial charge is 0.755 e. The van der Waals surface area contributed by atoms with Gasteiger partial charge in [0.2, 0.25) is 0 Å². The SMILES string of the molecule is Cc1ccccc1N(c1cc(C#C[Si](C)(C)C)sc1C(=O)O)S(=O)[O-]. The number of para-hydroxylation sites is 1. The Balaban J connectivity index is 2.63. The number of thiophene rings is 1. The normalized spacial score (nSPS) is 12.2. The Hall–Kier alpha value is -1.92. The van der Waals surface area contributed by atoms with E-state index in [9.17, 15) is 18.7 Å². The second-order valence-electron chi connectivity index (χ2n) is 6.43. The Morgan fingerprint density at radius 3 is 2.44 bits per heavy atom. The summed E-state index contributed by atoms with van der Waals surface area (Å²) in [5, 5.41) is 9.50. The molecule has 0 bridgehead atoms. The number of carboxylic acid groups (broad SMARTS) is 1. The number of carbonyl (C=O) groups is 1. The molecule has 0 fully saturated rings. The van der Waals surface area contributed by atoms with Gasteiger partial charge in [-0.05, 0) is 24.6 Å². The Bertz CT molecular complexity index is 890. The Morgan fingerprint density at radius 1 is 1.28 bits per heavy atom. The van der Waals surface area contributed by atoms with E-state index in [4.69, 9.17) is 0 Å². The van der Waals surface area contributed by atoms with Crippen LogP contribution in [0.1, 0.15) is 20.1 Å². The molecule has 1 aromatic carbocycles. The van der Waals surface area contributed by atoms with Gasteiger partial charge >= 0.3 is 5.97 Å². The van der Waals surface area contributed by atoms with Gasteiger partial charge in [-0.3, -0.25) is 8.51 Å². The van der Waals surface area contributed by atoms with Crippen molar-refractivity contribution in [3.05, 3.63) is 45.6 Å². The van der Waals surface area contributed by atoms with E-state index in [0.29, 0.717) is 10.6 Å². The fourth-order valence-electron chi connectivity index (χ4n) is 2.08. The van der Waals surface area contributed by atoms with Crippen molar-refractivity contribution < 1.29 is 18.7 Å². The van der Waals surface area contributed by atoms with Gasteiger partial charge in [0.05, 0.1) is 27.5 Å². The second-order valence-corrected chi connectivity index (χ2v) is 13.0. The van der Waals surface area contributed by atoms with Crippen LogP contribution < -0.4 is 4.31 Å². The van der Waals surface area contributed by atoms with E-state index >= 15 is 0 Å². The van der Waals surface area contributed by atoms with Crippen LogP contribution in [0, 0.1) is 18.4 Å². The first-order valence-electron chi connectivity index (χ1n) is 7.45. The molecule has 0 radical (unpaired) electrons. The first-order valence-corrected chi connectivity index (χ1v) is 12.8. The highest BCUT2D eigenvalue weighted by Gasteiger charge is 2.23. The van der Waals surface area contributed by atoms with Crippen molar-refractivity contribution in [2.75, 3.05) is 4.31 Å². The summed E-state index contributed by atoms with van der Waals surface area (Å²) in [5.74, 6) is 1.82. The number of aromatic carboxylic acids is 1. The van der Waals surface area contributed by atoms with Gasteiger partial charge in [-0.15, -0.1) is 16.9 Å². The van der Waals surface area contributed by atoms with E-state index in [0.717, 1.165) is 21.2 Å². The van der Waals surface area contributed by atoms with E-state index in [2.05, 4.69) is 31.1 Å². The number of carboxylic acids is 1. The zero-order chi connectivity index (χ0) is 18.8. The summed E-state index contributed by atoms with van der Waals surface area (Å²) in [6, 6.07) is 8.45. The van der Waals surface area contributed by atoms with E-state index < -0.39 is 25.3 Å². The van der Waals surface area contributed by atoms with Gasteiger partial charge in [-0.25, -0.2) is 4.79 Å². The molecule has 2 aromatic rings. The number of hydrogen-bond donors (Lipinski definition) is 1. The third kappa shape index (κ3) is 4.80. The summed E-state index contributed by atoms with van der Waals surface area (Å²) in [7, 11) is -1.63. The highest BCUT2D eigenvalue weighted by molar-refractivity contribution is 7.81. The Morgan fingerprint density at radius 2 is 1.92 bits per heavy atom. The van der Waals surface area contributed by atoms with Gasteiger partial charge in [0.25, 0.3) is 0 Å². The van der Waals surface area contributed by atoms with Gasteiger partial charge in [0, 0.05) is 0 Å². The topological polar surface area (TPSA) is 80.7 Å². The van der Waals surface area contributed by atoms with Crippen molar-refractivity contribution in [1.29, 1.82) is 0 Å². The lowest BCUT2D eigenvalue weighted by Crippen LogP contribution is -2.21. The predicted molar refractivity (Wildman–Crippen MR) is 104 cm³/mol. The maximum absolute atomic E-state index is 11.9. The zero-order valence-corrected chi connectivity index (χ0v) is 17.0. The molecule has 5 nitrogen and oxygen atoms in total. The molecule has 1 N–H and O–H groups in total. The lowest BCUT2D eigenvalue weighted by Gasteiger charge is -2.27. The Kier molecular flexibility index (Phi) is 5.85. The molecule has 1 unspecified atom stereocenters. The monoisotopic (exact) mass is 392 g/mol. The van der Waals surface area contributed by atoms with Crippen molar-refractivity contribution in [2.45, 2.75) is 26.6 Å². The van der Waals surface area contributed by atoms with Crippen LogP contribution in [-0.4, -0.2) is 27.9 Å². The number of nitrogens with zero attached hydrogens (tertiary/aromatic N) is 1. The quantitative estimate of drug-likeness (QED) is 0.486. The predicted octanol–water partition coefficient (Wildman–Crippen LogP) is 3.92. The number of anilines is 2. The van der Waals surface area contributed by atoms with Crippen LogP contribution in [0.3, 0.4) is 0 Å². The lowest BCUT2D eigenvalue weighted by atomic mass is 10.2. The molecule has 1 aromatic heterocycles. The minimum absolute atomic E-state index is 0.0488. The smallest absolute Gasteiger partial charge is 0.348 e. The third-order valence-corrected chi connectivity index (χ3v) is 5.76. The van der Waals surface area contributed by atoms with E-state index in [1.54, 1.807) is 31.2 Å². The van der Waals surface area contributed by atoms with E-state index in [1.165, 1.54) is 6.07 Å². The summed E-state index contributed by atoms with van der Waals surface area (Å²) in [6.07, 6.45) is 0. The molecule has 8 heteroatoms. The molecule has 0 aliphatic rings. The van der Waals surface area contributed by atoms with Crippen LogP contribution in [0.4, 0.5) is 11.4 Å². The van der Waals surface area contributed by atoms with Gasteiger partial charge in [0.15, 0.2) is 0 Å². The molecule has 0 aliphatic heterocycles. The molecule has 25 heavy (non-hydrogen) atoms. The number of benzene rings is 1. The maximum atomic E-state index is 11.9. The van der Waals surface area contributed by atoms with Crippen molar-refractivity contribution >= 4 is 48.0 Å². The molecule has 1 atom stereocenters. The zero-order valence-electron chi connectivity index (χ0n) is 14.3. The molecule has 132 valence electrons. The van der Waals surface area contributed by atoms with Crippen molar-refractivity contribution in [3.63, 3.8) is 0 Å². The van der Waals surface area contributed by atoms with Crippen molar-refractivity contribution in [1.82, 2.24) is 0 Å². The standard InChI is InChI=1S/C17H19NO4S2Si/c1-12-7-5-6-8-14(12)18(24(21)22)15-11-13(9-10-25(2,3)4)23-16(15)17(19)20/h5-8,11H,1-4H3,(H,19,20)(H,21,22)/p-1. The summed E-state index contributed by atoms with van der Waals surface area (Å²) >= 11 is -1.67. The summed E-state index contributed by atoms with van der Waals surface area (Å²) in [4.78, 5) is 12.1. The highest BCUT2D eigenvalue weighted by Crippen LogP contribution is 2.37. The van der Waals surface area contributed by atoms with Crippen LogP contribution >= 0.6 is 11.3 Å². The highest BCUT2D eigenvalue weighted by atomic mass is 32.2. The lowest BCUT2D eigenvalue weighted by molar-refractivity contribution is 0.0703. The molecule has 1 heterocycles. The minimum atomic E-state index is -2.66. The van der Waals surface area contributed by atoms with E-state index in [1.807, 2.05) is 0 Å². The van der Waals surface area contributed by atoms with Gasteiger partial charge in [-0.2, -0.15) is 0 Å². The minimum Gasteiger partial charge on any atom is -0.755 e. The summed E-state index contributed by atoms with van der Waals surface area (Å²) in [5.41, 5.74) is 4.43. The van der Waals surface area contributed by atoms with Crippen LogP contribution in [0.5, 0.6) is 0 Å². The van der Waals surface area contributed by atoms with Gasteiger partial charge < -0.3 is 9.66 Å².